The molecular formula is C18H39N3O. The molecule has 132 valence electrons. The Morgan fingerprint density at radius 2 is 1.32 bits per heavy atom. The Kier molecular flexibility index (Phi) is 14.9. The van der Waals surface area contributed by atoms with Crippen molar-refractivity contribution in [3.8, 4) is 0 Å². The molecule has 0 aliphatic carbocycles. The number of carbonyl (C=O) groups excluding carboxylic acids is 1. The van der Waals surface area contributed by atoms with E-state index in [-0.39, 0.29) is 11.8 Å². The van der Waals surface area contributed by atoms with Crippen molar-refractivity contribution in [3.63, 3.8) is 0 Å². The third-order valence-corrected chi connectivity index (χ3v) is 4.10. The zero-order chi connectivity index (χ0) is 16.6. The van der Waals surface area contributed by atoms with Gasteiger partial charge >= 0.3 is 0 Å². The second-order valence-corrected chi connectivity index (χ2v) is 6.07. The number of unbranched alkanes of at least 4 members (excludes halogenated alkanes) is 7. The molecule has 0 aliphatic rings. The number of hydrazine groups is 2. The molecule has 0 rings (SSSR count). The number of hydrogen-bond donors (Lipinski definition) is 2. The number of carbonyl (C=O) groups is 1. The van der Waals surface area contributed by atoms with Crippen LogP contribution in [0, 0.1) is 5.92 Å². The van der Waals surface area contributed by atoms with Crippen molar-refractivity contribution in [1.29, 1.82) is 0 Å². The molecule has 1 atom stereocenters. The lowest BCUT2D eigenvalue weighted by molar-refractivity contribution is -0.143. The van der Waals surface area contributed by atoms with Crippen LogP contribution in [0.15, 0.2) is 0 Å². The Bertz CT molecular complexity index is 253. The van der Waals surface area contributed by atoms with Crippen LogP contribution in [0.5, 0.6) is 0 Å². The number of nitrogens with zero attached hydrogens (tertiary/aromatic N) is 1. The van der Waals surface area contributed by atoms with E-state index in [2.05, 4.69) is 24.7 Å². The summed E-state index contributed by atoms with van der Waals surface area (Å²) < 4.78 is 0. The molecule has 0 spiro atoms. The highest BCUT2D eigenvalue weighted by atomic mass is 16.2. The van der Waals surface area contributed by atoms with Gasteiger partial charge in [0.2, 0.25) is 0 Å². The summed E-state index contributed by atoms with van der Waals surface area (Å²) >= 11 is 0. The molecule has 4 nitrogen and oxygen atoms in total. The van der Waals surface area contributed by atoms with Gasteiger partial charge in [0.25, 0.3) is 5.91 Å². The molecule has 0 saturated heterocycles. The molecule has 2 N–H and O–H groups in total. The monoisotopic (exact) mass is 313 g/mol. The molecule has 0 radical (unpaired) electrons. The minimum atomic E-state index is 0.137. The largest absolute Gasteiger partial charge is 0.272 e. The first-order valence-corrected chi connectivity index (χ1v) is 9.52. The van der Waals surface area contributed by atoms with Crippen LogP contribution in [-0.4, -0.2) is 24.1 Å². The van der Waals surface area contributed by atoms with Crippen molar-refractivity contribution < 1.29 is 4.79 Å². The normalized spacial score (nSPS) is 12.4. The first-order valence-electron chi connectivity index (χ1n) is 9.52. The molecule has 0 heterocycles. The van der Waals surface area contributed by atoms with E-state index in [4.69, 9.17) is 0 Å². The highest BCUT2D eigenvalue weighted by molar-refractivity contribution is 5.77. The van der Waals surface area contributed by atoms with Crippen LogP contribution < -0.4 is 10.9 Å². The molecule has 0 fully saturated rings. The third-order valence-electron chi connectivity index (χ3n) is 4.10. The molecule has 1 amide bonds. The van der Waals surface area contributed by atoms with Crippen LogP contribution in [0.1, 0.15) is 91.9 Å². The maximum atomic E-state index is 12.5. The van der Waals surface area contributed by atoms with Gasteiger partial charge in [-0.3, -0.25) is 4.79 Å². The van der Waals surface area contributed by atoms with Gasteiger partial charge in [-0.2, -0.15) is 0 Å². The second-order valence-electron chi connectivity index (χ2n) is 6.07. The van der Waals surface area contributed by atoms with Crippen LogP contribution in [0.25, 0.3) is 0 Å². The van der Waals surface area contributed by atoms with Gasteiger partial charge in [-0.15, -0.1) is 0 Å². The van der Waals surface area contributed by atoms with E-state index in [9.17, 15) is 4.79 Å². The summed E-state index contributed by atoms with van der Waals surface area (Å²) in [6, 6.07) is 0. The fourth-order valence-electron chi connectivity index (χ4n) is 2.74. The molecule has 4 heteroatoms. The quantitative estimate of drug-likeness (QED) is 0.347. The molecule has 0 saturated carbocycles. The van der Waals surface area contributed by atoms with Crippen LogP contribution in [-0.2, 0) is 4.79 Å². The summed E-state index contributed by atoms with van der Waals surface area (Å²) in [5.74, 6) is 0.326. The van der Waals surface area contributed by atoms with Gasteiger partial charge in [0.15, 0.2) is 0 Å². The lowest BCUT2D eigenvalue weighted by Crippen LogP contribution is -2.53. The summed E-state index contributed by atoms with van der Waals surface area (Å²) in [4.78, 5) is 12.5. The van der Waals surface area contributed by atoms with Crippen LogP contribution >= 0.6 is 0 Å². The van der Waals surface area contributed by atoms with Crippen molar-refractivity contribution in [2.24, 2.45) is 5.92 Å². The first-order chi connectivity index (χ1) is 10.7. The van der Waals surface area contributed by atoms with E-state index in [0.717, 1.165) is 25.9 Å². The smallest absolute Gasteiger partial charge is 0.254 e. The highest BCUT2D eigenvalue weighted by Gasteiger charge is 2.21. The SMILES string of the molecule is CCCCCCCCCCC(CC)C(=O)N(NCC)NCC. The number of nitrogens with one attached hydrogen (secondary N) is 2. The molecule has 0 bridgehead atoms. The topological polar surface area (TPSA) is 44.4 Å². The molecule has 0 aliphatic heterocycles. The minimum absolute atomic E-state index is 0.137. The first kappa shape index (κ1) is 21.4. The van der Waals surface area contributed by atoms with Gasteiger partial charge < -0.3 is 0 Å². The van der Waals surface area contributed by atoms with E-state index in [0.29, 0.717) is 0 Å². The summed E-state index contributed by atoms with van der Waals surface area (Å²) in [7, 11) is 0. The van der Waals surface area contributed by atoms with E-state index in [1.165, 1.54) is 51.4 Å². The Balaban J connectivity index is 3.91. The van der Waals surface area contributed by atoms with E-state index in [1.54, 1.807) is 5.12 Å². The van der Waals surface area contributed by atoms with E-state index < -0.39 is 0 Å². The number of rotatable bonds is 15. The van der Waals surface area contributed by atoms with Gasteiger partial charge in [0.1, 0.15) is 0 Å². The fourth-order valence-corrected chi connectivity index (χ4v) is 2.74. The standard InChI is InChI=1S/C18H39N3O/c1-5-9-10-11-12-13-14-15-16-17(6-2)18(22)21(19-7-3)20-8-4/h17,19-20H,5-16H2,1-4H3. The summed E-state index contributed by atoms with van der Waals surface area (Å²) in [6.45, 7) is 9.91. The highest BCUT2D eigenvalue weighted by Crippen LogP contribution is 2.17. The van der Waals surface area contributed by atoms with Crippen molar-refractivity contribution in [2.75, 3.05) is 13.1 Å². The summed E-state index contributed by atoms with van der Waals surface area (Å²) in [5, 5.41) is 1.60. The lowest BCUT2D eigenvalue weighted by Gasteiger charge is -2.27. The zero-order valence-electron chi connectivity index (χ0n) is 15.4. The Morgan fingerprint density at radius 1 is 0.818 bits per heavy atom. The van der Waals surface area contributed by atoms with E-state index in [1.807, 2.05) is 13.8 Å². The van der Waals surface area contributed by atoms with Gasteiger partial charge in [0, 0.05) is 19.0 Å². The van der Waals surface area contributed by atoms with Gasteiger partial charge in [-0.1, -0.05) is 79.1 Å². The van der Waals surface area contributed by atoms with Crippen molar-refractivity contribution >= 4 is 5.91 Å². The van der Waals surface area contributed by atoms with Crippen LogP contribution in [0.2, 0.25) is 0 Å². The van der Waals surface area contributed by atoms with Gasteiger partial charge in [0.05, 0.1) is 0 Å². The maximum absolute atomic E-state index is 12.5. The zero-order valence-corrected chi connectivity index (χ0v) is 15.4. The molecular weight excluding hydrogens is 274 g/mol. The van der Waals surface area contributed by atoms with E-state index >= 15 is 0 Å². The molecule has 22 heavy (non-hydrogen) atoms. The number of hydrogen-bond acceptors (Lipinski definition) is 3. The summed E-state index contributed by atoms with van der Waals surface area (Å²) in [5.41, 5.74) is 6.20. The summed E-state index contributed by atoms with van der Waals surface area (Å²) in [6.07, 6.45) is 12.5. The minimum Gasteiger partial charge on any atom is -0.272 e. The molecule has 0 aromatic carbocycles. The Hall–Kier alpha value is -0.610. The predicted molar refractivity (Wildman–Crippen MR) is 95.2 cm³/mol. The molecule has 1 unspecified atom stereocenters. The molecule has 0 aromatic heterocycles. The Morgan fingerprint density at radius 3 is 1.77 bits per heavy atom. The molecule has 0 aromatic rings. The third kappa shape index (κ3) is 10.2. The average molecular weight is 314 g/mol. The maximum Gasteiger partial charge on any atom is 0.254 e. The number of amides is 1. The lowest BCUT2D eigenvalue weighted by atomic mass is 9.97. The van der Waals surface area contributed by atoms with Crippen LogP contribution in [0.3, 0.4) is 0 Å². The fraction of sp³-hybridized carbons (Fsp3) is 0.944. The van der Waals surface area contributed by atoms with Crippen molar-refractivity contribution in [1.82, 2.24) is 16.0 Å². The second kappa shape index (κ2) is 15.3. The van der Waals surface area contributed by atoms with Crippen molar-refractivity contribution in [3.05, 3.63) is 0 Å². The Labute approximate surface area is 138 Å². The predicted octanol–water partition coefficient (Wildman–Crippen LogP) is 4.42. The average Bonchev–Trinajstić information content (AvgIpc) is 2.53. The van der Waals surface area contributed by atoms with Crippen molar-refractivity contribution in [2.45, 2.75) is 91.9 Å². The van der Waals surface area contributed by atoms with Crippen LogP contribution in [0.4, 0.5) is 0 Å². The van der Waals surface area contributed by atoms with Gasteiger partial charge in [-0.05, 0) is 12.8 Å². The van der Waals surface area contributed by atoms with Gasteiger partial charge in [-0.25, -0.2) is 16.0 Å².